The zero-order valence-electron chi connectivity index (χ0n) is 9.87. The van der Waals surface area contributed by atoms with E-state index in [0.29, 0.717) is 6.42 Å². The Kier molecular flexibility index (Phi) is 6.21. The average molecular weight is 269 g/mol. The number of aliphatic carboxylic acids is 1. The molecule has 0 bridgehead atoms. The van der Waals surface area contributed by atoms with Crippen molar-refractivity contribution in [1.82, 2.24) is 0 Å². The number of carboxylic acids is 1. The lowest BCUT2D eigenvalue weighted by Crippen LogP contribution is -1.93. The van der Waals surface area contributed by atoms with E-state index in [9.17, 15) is 14.9 Å². The molecule has 1 rings (SSSR count). The summed E-state index contributed by atoms with van der Waals surface area (Å²) < 4.78 is 0. The number of benzene rings is 1. The molecule has 1 N–H and O–H groups in total. The van der Waals surface area contributed by atoms with Crippen molar-refractivity contribution in [3.05, 3.63) is 34.4 Å². The van der Waals surface area contributed by atoms with Crippen molar-refractivity contribution >= 4 is 23.4 Å². The lowest BCUT2D eigenvalue weighted by molar-refractivity contribution is -0.384. The van der Waals surface area contributed by atoms with Crippen LogP contribution in [0.1, 0.15) is 25.7 Å². The molecule has 0 saturated heterocycles. The Hall–Kier alpha value is -1.56. The molecule has 0 aliphatic heterocycles. The molecule has 6 heteroatoms. The predicted octanol–water partition coefficient (Wildman–Crippen LogP) is 3.33. The molecule has 1 aromatic rings. The fourth-order valence-electron chi connectivity index (χ4n) is 1.41. The molecule has 98 valence electrons. The van der Waals surface area contributed by atoms with E-state index in [4.69, 9.17) is 5.11 Å². The number of carboxylic acid groups (broad SMARTS) is 1. The van der Waals surface area contributed by atoms with Gasteiger partial charge in [-0.25, -0.2) is 0 Å². The minimum Gasteiger partial charge on any atom is -0.481 e. The van der Waals surface area contributed by atoms with Crippen LogP contribution in [0.3, 0.4) is 0 Å². The number of hydrogen-bond donors (Lipinski definition) is 1. The van der Waals surface area contributed by atoms with Crippen LogP contribution in [-0.4, -0.2) is 21.8 Å². The van der Waals surface area contributed by atoms with Gasteiger partial charge in [-0.3, -0.25) is 14.9 Å². The first kappa shape index (κ1) is 14.5. The maximum atomic E-state index is 10.5. The largest absolute Gasteiger partial charge is 0.481 e. The topological polar surface area (TPSA) is 80.4 Å². The zero-order valence-corrected chi connectivity index (χ0v) is 10.7. The normalized spacial score (nSPS) is 10.2. The molecule has 0 saturated carbocycles. The molecule has 0 radical (unpaired) electrons. The molecule has 0 aromatic heterocycles. The molecule has 0 unspecified atom stereocenters. The van der Waals surface area contributed by atoms with Gasteiger partial charge in [-0.2, -0.15) is 0 Å². The second-order valence-electron chi connectivity index (χ2n) is 3.80. The van der Waals surface area contributed by atoms with Gasteiger partial charge in [-0.05, 0) is 30.7 Å². The molecule has 0 atom stereocenters. The third kappa shape index (κ3) is 5.67. The molecule has 18 heavy (non-hydrogen) atoms. The van der Waals surface area contributed by atoms with Gasteiger partial charge in [-0.15, -0.1) is 11.8 Å². The molecular weight excluding hydrogens is 254 g/mol. The highest BCUT2D eigenvalue weighted by atomic mass is 32.2. The monoisotopic (exact) mass is 269 g/mol. The van der Waals surface area contributed by atoms with Crippen molar-refractivity contribution in [2.24, 2.45) is 0 Å². The van der Waals surface area contributed by atoms with Gasteiger partial charge in [0.05, 0.1) is 4.92 Å². The van der Waals surface area contributed by atoms with Crippen molar-refractivity contribution in [1.29, 1.82) is 0 Å². The van der Waals surface area contributed by atoms with Gasteiger partial charge in [0.15, 0.2) is 0 Å². The van der Waals surface area contributed by atoms with Crippen molar-refractivity contribution in [2.75, 3.05) is 5.75 Å². The van der Waals surface area contributed by atoms with E-state index in [1.807, 2.05) is 0 Å². The van der Waals surface area contributed by atoms with E-state index >= 15 is 0 Å². The summed E-state index contributed by atoms with van der Waals surface area (Å²) in [6, 6.07) is 6.46. The Labute approximate surface area is 109 Å². The Morgan fingerprint density at radius 3 is 2.44 bits per heavy atom. The lowest BCUT2D eigenvalue weighted by Gasteiger charge is -2.01. The van der Waals surface area contributed by atoms with Crippen molar-refractivity contribution in [3.63, 3.8) is 0 Å². The van der Waals surface area contributed by atoms with E-state index in [2.05, 4.69) is 0 Å². The highest BCUT2D eigenvalue weighted by Gasteiger charge is 2.04. The second-order valence-corrected chi connectivity index (χ2v) is 4.97. The number of nitro groups is 1. The van der Waals surface area contributed by atoms with Crippen LogP contribution in [0.2, 0.25) is 0 Å². The van der Waals surface area contributed by atoms with Crippen LogP contribution in [-0.2, 0) is 4.79 Å². The summed E-state index contributed by atoms with van der Waals surface area (Å²) in [6.07, 6.45) is 2.78. The molecule has 0 aliphatic rings. The van der Waals surface area contributed by atoms with Crippen LogP contribution < -0.4 is 0 Å². The number of hydrogen-bond acceptors (Lipinski definition) is 4. The SMILES string of the molecule is O=C(O)CCCCCSc1ccc([N+](=O)[O-])cc1. The van der Waals surface area contributed by atoms with Gasteiger partial charge in [0.1, 0.15) is 0 Å². The fraction of sp³-hybridized carbons (Fsp3) is 0.417. The standard InChI is InChI=1S/C12H15NO4S/c14-12(15)4-2-1-3-9-18-11-7-5-10(6-8-11)13(16)17/h5-8H,1-4,9H2,(H,14,15). The third-order valence-corrected chi connectivity index (χ3v) is 3.45. The molecule has 0 spiro atoms. The molecule has 0 fully saturated rings. The number of rotatable bonds is 8. The van der Waals surface area contributed by atoms with Crippen LogP contribution in [0.15, 0.2) is 29.2 Å². The highest BCUT2D eigenvalue weighted by molar-refractivity contribution is 7.99. The molecule has 0 amide bonds. The summed E-state index contributed by atoms with van der Waals surface area (Å²) in [6.45, 7) is 0. The Balaban J connectivity index is 2.19. The van der Waals surface area contributed by atoms with Gasteiger partial charge in [0.25, 0.3) is 5.69 Å². The Morgan fingerprint density at radius 1 is 1.22 bits per heavy atom. The van der Waals surface area contributed by atoms with E-state index in [1.165, 1.54) is 12.1 Å². The summed E-state index contributed by atoms with van der Waals surface area (Å²) in [5.74, 6) is 0.148. The number of nitrogens with zero attached hydrogens (tertiary/aromatic N) is 1. The van der Waals surface area contributed by atoms with Gasteiger partial charge < -0.3 is 5.11 Å². The Bertz CT molecular complexity index is 405. The Morgan fingerprint density at radius 2 is 1.89 bits per heavy atom. The van der Waals surface area contributed by atoms with Gasteiger partial charge in [0.2, 0.25) is 0 Å². The summed E-state index contributed by atoms with van der Waals surface area (Å²) >= 11 is 1.63. The summed E-state index contributed by atoms with van der Waals surface area (Å²) in [5, 5.41) is 18.9. The van der Waals surface area contributed by atoms with Gasteiger partial charge in [0, 0.05) is 23.4 Å². The first-order valence-corrected chi connectivity index (χ1v) is 6.67. The molecule has 0 heterocycles. The van der Waals surface area contributed by atoms with E-state index in [0.717, 1.165) is 23.5 Å². The van der Waals surface area contributed by atoms with Crippen LogP contribution >= 0.6 is 11.8 Å². The molecule has 1 aromatic carbocycles. The van der Waals surface area contributed by atoms with Gasteiger partial charge >= 0.3 is 5.97 Å². The minimum atomic E-state index is -0.752. The van der Waals surface area contributed by atoms with E-state index < -0.39 is 10.9 Å². The maximum absolute atomic E-state index is 10.5. The second kappa shape index (κ2) is 7.71. The van der Waals surface area contributed by atoms with E-state index in [-0.39, 0.29) is 12.1 Å². The fourth-order valence-corrected chi connectivity index (χ4v) is 2.32. The van der Waals surface area contributed by atoms with Crippen LogP contribution in [0.25, 0.3) is 0 Å². The van der Waals surface area contributed by atoms with Crippen LogP contribution in [0.5, 0.6) is 0 Å². The highest BCUT2D eigenvalue weighted by Crippen LogP contribution is 2.22. The lowest BCUT2D eigenvalue weighted by atomic mass is 10.2. The summed E-state index contributed by atoms with van der Waals surface area (Å²) in [4.78, 5) is 21.3. The number of unbranched alkanes of at least 4 members (excludes halogenated alkanes) is 2. The summed E-state index contributed by atoms with van der Waals surface area (Å²) in [5.41, 5.74) is 0.0980. The van der Waals surface area contributed by atoms with Crippen molar-refractivity contribution in [3.8, 4) is 0 Å². The molecule has 0 aliphatic carbocycles. The predicted molar refractivity (Wildman–Crippen MR) is 69.9 cm³/mol. The van der Waals surface area contributed by atoms with Crippen LogP contribution in [0.4, 0.5) is 5.69 Å². The van der Waals surface area contributed by atoms with Crippen molar-refractivity contribution < 1.29 is 14.8 Å². The minimum absolute atomic E-state index is 0.0980. The third-order valence-electron chi connectivity index (χ3n) is 2.35. The number of non-ortho nitro benzene ring substituents is 1. The smallest absolute Gasteiger partial charge is 0.303 e. The maximum Gasteiger partial charge on any atom is 0.303 e. The molecular formula is C12H15NO4S. The summed E-state index contributed by atoms with van der Waals surface area (Å²) in [7, 11) is 0. The van der Waals surface area contributed by atoms with Crippen molar-refractivity contribution in [2.45, 2.75) is 30.6 Å². The zero-order chi connectivity index (χ0) is 13.4. The van der Waals surface area contributed by atoms with Crippen LogP contribution in [0, 0.1) is 10.1 Å². The first-order valence-electron chi connectivity index (χ1n) is 5.68. The first-order chi connectivity index (χ1) is 8.59. The number of carbonyl (C=O) groups is 1. The number of nitro benzene ring substituents is 1. The average Bonchev–Trinajstić information content (AvgIpc) is 2.34. The van der Waals surface area contributed by atoms with Gasteiger partial charge in [-0.1, -0.05) is 6.42 Å². The van der Waals surface area contributed by atoms with E-state index in [1.54, 1.807) is 23.9 Å². The molecule has 5 nitrogen and oxygen atoms in total. The number of thioether (sulfide) groups is 1. The quantitative estimate of drug-likeness (QED) is 0.339.